The van der Waals surface area contributed by atoms with Crippen molar-refractivity contribution >= 4 is 5.71 Å². The minimum absolute atomic E-state index is 0.0364. The van der Waals surface area contributed by atoms with Gasteiger partial charge in [-0.3, -0.25) is 0 Å². The van der Waals surface area contributed by atoms with Crippen molar-refractivity contribution < 1.29 is 23.7 Å². The maximum absolute atomic E-state index is 6.51. The number of hydrogen-bond donors (Lipinski definition) is 0. The fraction of sp³-hybridized carbons (Fsp3) is 0.296. The van der Waals surface area contributed by atoms with Crippen LogP contribution in [-0.2, 0) is 0 Å². The second-order valence-corrected chi connectivity index (χ2v) is 8.06. The quantitative estimate of drug-likeness (QED) is 0.474. The van der Waals surface area contributed by atoms with Gasteiger partial charge in [0.1, 0.15) is 17.2 Å². The Morgan fingerprint density at radius 1 is 0.882 bits per heavy atom. The van der Waals surface area contributed by atoms with Crippen molar-refractivity contribution in [3.05, 3.63) is 77.4 Å². The molecule has 2 aliphatic rings. The lowest BCUT2D eigenvalue weighted by atomic mass is 9.95. The molecule has 0 aromatic heterocycles. The molecule has 2 aliphatic heterocycles. The van der Waals surface area contributed by atoms with Crippen molar-refractivity contribution in [2.24, 2.45) is 5.10 Å². The molecule has 176 valence electrons. The molecule has 0 amide bonds. The summed E-state index contributed by atoms with van der Waals surface area (Å²) in [5, 5.41) is 7.07. The predicted molar refractivity (Wildman–Crippen MR) is 129 cm³/mol. The van der Waals surface area contributed by atoms with Crippen molar-refractivity contribution in [1.82, 2.24) is 5.01 Å². The standard InChI is InChI=1S/C27H28N2O5/c1-5-33-18-12-10-17(11-13-18)21-15-22-19-8-6-7-9-23(19)34-27(29(22)28-21)20-14-25(31-3)26(32-4)16-24(20)30-2/h6-14,16,22,27H,5,15H2,1-4H3/t22-,27+/m0/s1. The van der Waals surface area contributed by atoms with Crippen LogP contribution in [0.25, 0.3) is 0 Å². The van der Waals surface area contributed by atoms with E-state index in [1.54, 1.807) is 21.3 Å². The average Bonchev–Trinajstić information content (AvgIpc) is 3.34. The third-order valence-electron chi connectivity index (χ3n) is 6.20. The zero-order chi connectivity index (χ0) is 23.7. The lowest BCUT2D eigenvalue weighted by Crippen LogP contribution is -2.34. The molecule has 5 rings (SSSR count). The second-order valence-electron chi connectivity index (χ2n) is 8.06. The molecule has 2 heterocycles. The van der Waals surface area contributed by atoms with Crippen molar-refractivity contribution in [1.29, 1.82) is 0 Å². The van der Waals surface area contributed by atoms with Gasteiger partial charge in [-0.2, -0.15) is 5.10 Å². The maximum atomic E-state index is 6.51. The van der Waals surface area contributed by atoms with Gasteiger partial charge in [0, 0.05) is 18.1 Å². The van der Waals surface area contributed by atoms with E-state index < -0.39 is 6.23 Å². The Morgan fingerprint density at radius 3 is 2.29 bits per heavy atom. The van der Waals surface area contributed by atoms with Gasteiger partial charge in [-0.25, -0.2) is 5.01 Å². The fourth-order valence-corrected chi connectivity index (χ4v) is 4.57. The molecule has 2 atom stereocenters. The summed E-state index contributed by atoms with van der Waals surface area (Å²) in [4.78, 5) is 0. The summed E-state index contributed by atoms with van der Waals surface area (Å²) in [5.74, 6) is 3.53. The summed E-state index contributed by atoms with van der Waals surface area (Å²) in [5.41, 5.74) is 3.99. The molecule has 3 aromatic carbocycles. The topological polar surface area (TPSA) is 61.8 Å². The Labute approximate surface area is 199 Å². The first-order valence-corrected chi connectivity index (χ1v) is 11.3. The van der Waals surface area contributed by atoms with Crippen molar-refractivity contribution in [3.63, 3.8) is 0 Å². The molecule has 0 unspecified atom stereocenters. The fourth-order valence-electron chi connectivity index (χ4n) is 4.57. The Bertz CT molecular complexity index is 1210. The highest BCUT2D eigenvalue weighted by atomic mass is 16.5. The SMILES string of the molecule is CCOc1ccc(C2=NN3[C@@H](c4cc(OC)c(OC)cc4OC)Oc4ccccc4[C@@H]3C2)cc1. The van der Waals surface area contributed by atoms with E-state index in [2.05, 4.69) is 18.2 Å². The largest absolute Gasteiger partial charge is 0.496 e. The van der Waals surface area contributed by atoms with Gasteiger partial charge in [-0.05, 0) is 48.9 Å². The number of para-hydroxylation sites is 1. The number of hydrogen-bond acceptors (Lipinski definition) is 7. The molecule has 0 spiro atoms. The monoisotopic (exact) mass is 460 g/mol. The Kier molecular flexibility index (Phi) is 5.92. The van der Waals surface area contributed by atoms with Crippen LogP contribution in [0.15, 0.2) is 65.8 Å². The molecule has 0 saturated carbocycles. The van der Waals surface area contributed by atoms with Crippen LogP contribution in [0.4, 0.5) is 0 Å². The highest BCUT2D eigenvalue weighted by Gasteiger charge is 2.42. The van der Waals surface area contributed by atoms with E-state index in [4.69, 9.17) is 28.8 Å². The van der Waals surface area contributed by atoms with Gasteiger partial charge in [-0.15, -0.1) is 0 Å². The number of benzene rings is 3. The first kappa shape index (κ1) is 21.9. The van der Waals surface area contributed by atoms with E-state index >= 15 is 0 Å². The van der Waals surface area contributed by atoms with Crippen molar-refractivity contribution in [2.45, 2.75) is 25.6 Å². The van der Waals surface area contributed by atoms with E-state index in [0.717, 1.165) is 40.3 Å². The van der Waals surface area contributed by atoms with Crippen LogP contribution in [0.5, 0.6) is 28.7 Å². The predicted octanol–water partition coefficient (Wildman–Crippen LogP) is 5.35. The average molecular weight is 461 g/mol. The van der Waals surface area contributed by atoms with Crippen LogP contribution in [0, 0.1) is 0 Å². The number of rotatable bonds is 7. The smallest absolute Gasteiger partial charge is 0.217 e. The lowest BCUT2D eigenvalue weighted by molar-refractivity contribution is -0.0205. The number of fused-ring (bicyclic) bond motifs is 3. The molecule has 7 nitrogen and oxygen atoms in total. The summed E-state index contributed by atoms with van der Waals surface area (Å²) in [7, 11) is 4.86. The zero-order valence-electron chi connectivity index (χ0n) is 19.8. The Hall–Kier alpha value is -3.87. The third-order valence-corrected chi connectivity index (χ3v) is 6.20. The number of nitrogens with zero attached hydrogens (tertiary/aromatic N) is 2. The zero-order valence-corrected chi connectivity index (χ0v) is 19.8. The van der Waals surface area contributed by atoms with Crippen LogP contribution < -0.4 is 23.7 Å². The molecule has 0 N–H and O–H groups in total. The van der Waals surface area contributed by atoms with E-state index in [1.165, 1.54) is 0 Å². The summed E-state index contributed by atoms with van der Waals surface area (Å²) in [6.45, 7) is 2.62. The minimum atomic E-state index is -0.491. The summed E-state index contributed by atoms with van der Waals surface area (Å²) in [6.07, 6.45) is 0.273. The van der Waals surface area contributed by atoms with Gasteiger partial charge in [0.2, 0.25) is 6.23 Å². The van der Waals surface area contributed by atoms with E-state index in [0.29, 0.717) is 23.9 Å². The van der Waals surface area contributed by atoms with Crippen LogP contribution >= 0.6 is 0 Å². The first-order chi connectivity index (χ1) is 16.7. The van der Waals surface area contributed by atoms with E-state index in [9.17, 15) is 0 Å². The van der Waals surface area contributed by atoms with Gasteiger partial charge in [0.05, 0.1) is 45.3 Å². The van der Waals surface area contributed by atoms with Gasteiger partial charge in [-0.1, -0.05) is 18.2 Å². The second kappa shape index (κ2) is 9.17. The molecule has 0 fully saturated rings. The maximum Gasteiger partial charge on any atom is 0.217 e. The Morgan fingerprint density at radius 2 is 1.59 bits per heavy atom. The molecule has 0 aliphatic carbocycles. The van der Waals surface area contributed by atoms with Crippen LogP contribution in [0.1, 0.15) is 42.3 Å². The van der Waals surface area contributed by atoms with Gasteiger partial charge in [0.25, 0.3) is 0 Å². The van der Waals surface area contributed by atoms with Crippen LogP contribution in [0.3, 0.4) is 0 Å². The summed E-state index contributed by atoms with van der Waals surface area (Å²) >= 11 is 0. The number of hydrazone groups is 1. The van der Waals surface area contributed by atoms with Crippen LogP contribution in [0.2, 0.25) is 0 Å². The molecule has 7 heteroatoms. The highest BCUT2D eigenvalue weighted by molar-refractivity contribution is 6.02. The van der Waals surface area contributed by atoms with E-state index in [1.807, 2.05) is 54.4 Å². The Balaban J connectivity index is 1.58. The van der Waals surface area contributed by atoms with Gasteiger partial charge in [0.15, 0.2) is 11.5 Å². The summed E-state index contributed by atoms with van der Waals surface area (Å²) in [6, 6.07) is 20.0. The van der Waals surface area contributed by atoms with Crippen molar-refractivity contribution in [2.75, 3.05) is 27.9 Å². The molecular weight excluding hydrogens is 432 g/mol. The number of ether oxygens (including phenoxy) is 5. The van der Waals surface area contributed by atoms with Gasteiger partial charge < -0.3 is 23.7 Å². The van der Waals surface area contributed by atoms with Crippen LogP contribution in [-0.4, -0.2) is 38.7 Å². The minimum Gasteiger partial charge on any atom is -0.496 e. The number of methoxy groups -OCH3 is 3. The molecule has 0 bridgehead atoms. The highest BCUT2D eigenvalue weighted by Crippen LogP contribution is 2.50. The van der Waals surface area contributed by atoms with Gasteiger partial charge >= 0.3 is 0 Å². The lowest BCUT2D eigenvalue weighted by Gasteiger charge is -2.38. The molecule has 34 heavy (non-hydrogen) atoms. The molecule has 0 radical (unpaired) electrons. The summed E-state index contributed by atoms with van der Waals surface area (Å²) < 4.78 is 28.9. The molecule has 0 saturated heterocycles. The first-order valence-electron chi connectivity index (χ1n) is 11.3. The van der Waals surface area contributed by atoms with Crippen molar-refractivity contribution in [3.8, 4) is 28.7 Å². The third kappa shape index (κ3) is 3.77. The van der Waals surface area contributed by atoms with E-state index in [-0.39, 0.29) is 6.04 Å². The molecule has 3 aromatic rings. The normalized spacial score (nSPS) is 18.4. The molecular formula is C27H28N2O5.